The molecule has 0 saturated heterocycles. The van der Waals surface area contributed by atoms with Crippen molar-refractivity contribution < 1.29 is 95.7 Å². The molecule has 0 aromatic carbocycles. The van der Waals surface area contributed by atoms with Crippen LogP contribution in [0, 0.1) is 0 Å². The van der Waals surface area contributed by atoms with Gasteiger partial charge in [0.2, 0.25) is 0 Å². The van der Waals surface area contributed by atoms with Gasteiger partial charge < -0.3 is 63.8 Å². The van der Waals surface area contributed by atoms with Gasteiger partial charge in [0.05, 0.1) is 14.1 Å². The molecule has 0 bridgehead atoms. The lowest BCUT2D eigenvalue weighted by Gasteiger charge is -2.55. The maximum Gasteiger partial charge on any atom is 0.403 e. The lowest BCUT2D eigenvalue weighted by Crippen LogP contribution is -2.72. The fourth-order valence-electron chi connectivity index (χ4n) is 3.29. The lowest BCUT2D eigenvalue weighted by molar-refractivity contribution is -0.919. The van der Waals surface area contributed by atoms with Crippen LogP contribution >= 0.6 is 45.6 Å². The fraction of sp³-hybridized carbons (Fsp3) is 1.00. The zero-order valence-corrected chi connectivity index (χ0v) is 20.3. The summed E-state index contributed by atoms with van der Waals surface area (Å²) in [5, 5.41) is -1.16. The highest BCUT2D eigenvalue weighted by atomic mass is 31.3. The molecule has 0 aromatic heterocycles. The molecular formula is C5H20NO19P6+. The van der Waals surface area contributed by atoms with E-state index in [1.165, 1.54) is 0 Å². The number of hydrogen-bond acceptors (Lipinski definition) is 7. The third kappa shape index (κ3) is 4.83. The Morgan fingerprint density at radius 2 is 0.774 bits per heavy atom. The van der Waals surface area contributed by atoms with Crippen molar-refractivity contribution in [3.05, 3.63) is 0 Å². The standard InChI is InChI=1S/C5H19NO19P6/c1-6(2,3(26(8,9)10)27(11,12)13)4(28(14,15)16,29(17,18)19)5(7,30(20,21)22)31(23,24)25/h3,7H,1-2H3,(H11-,8,9,10,11,12,13,14,15,16,17,18,19,20,21,22,23,24,25)/p+1. The summed E-state index contributed by atoms with van der Waals surface area (Å²) in [5.74, 6) is 0. The van der Waals surface area contributed by atoms with E-state index in [1.807, 2.05) is 0 Å². The minimum atomic E-state index is -7.37. The summed E-state index contributed by atoms with van der Waals surface area (Å²) in [5.41, 5.74) is -4.02. The Morgan fingerprint density at radius 3 is 0.903 bits per heavy atom. The number of aliphatic hydroxyl groups is 1. The van der Waals surface area contributed by atoms with E-state index in [-0.39, 0.29) is 14.1 Å². The molecule has 0 atom stereocenters. The smallest absolute Gasteiger partial charge is 0.362 e. The molecule has 31 heavy (non-hydrogen) atoms. The van der Waals surface area contributed by atoms with Gasteiger partial charge in [-0.3, -0.25) is 31.9 Å². The van der Waals surface area contributed by atoms with Gasteiger partial charge in [-0.15, -0.1) is 0 Å². The normalized spacial score (nSPS) is 16.6. The van der Waals surface area contributed by atoms with Gasteiger partial charge in [0.25, 0.3) is 5.52 Å². The Hall–Kier alpha value is 0.820. The predicted octanol–water partition coefficient (Wildman–Crippen LogP) is -3.29. The maximum atomic E-state index is 12.3. The zero-order valence-electron chi connectivity index (χ0n) is 15.0. The van der Waals surface area contributed by atoms with Crippen LogP contribution in [-0.4, -0.2) is 98.0 Å². The van der Waals surface area contributed by atoms with E-state index in [2.05, 4.69) is 0 Å². The van der Waals surface area contributed by atoms with E-state index in [0.717, 1.165) is 0 Å². The SMILES string of the molecule is C[N+](C)(C(P(=O)(O)O)P(=O)(O)O)C(C(O)(P(=O)(O)O)P(=O)(O)O)(P(=O)(O)O)P(=O)(O)O. The zero-order chi connectivity index (χ0) is 26.1. The average Bonchev–Trinajstić information content (AvgIpc) is 2.26. The third-order valence-electron chi connectivity index (χ3n) is 4.06. The van der Waals surface area contributed by atoms with E-state index in [4.69, 9.17) is 0 Å². The van der Waals surface area contributed by atoms with Crippen LogP contribution in [0.4, 0.5) is 0 Å². The minimum absolute atomic E-state index is 0.239. The molecule has 0 saturated carbocycles. The molecule has 13 N–H and O–H groups in total. The molecule has 20 nitrogen and oxygen atoms in total. The Morgan fingerprint density at radius 1 is 0.548 bits per heavy atom. The van der Waals surface area contributed by atoms with Crippen molar-refractivity contribution in [2.75, 3.05) is 14.1 Å². The molecule has 0 aliphatic carbocycles. The highest BCUT2D eigenvalue weighted by Gasteiger charge is 2.94. The minimum Gasteiger partial charge on any atom is -0.362 e. The molecule has 0 aliphatic rings. The highest BCUT2D eigenvalue weighted by molar-refractivity contribution is 7.80. The summed E-state index contributed by atoms with van der Waals surface area (Å²) in [6.45, 7) is 0. The van der Waals surface area contributed by atoms with Crippen LogP contribution in [0.5, 0.6) is 0 Å². The van der Waals surface area contributed by atoms with Gasteiger partial charge in [-0.25, -0.2) is 0 Å². The van der Waals surface area contributed by atoms with E-state index < -0.39 is 65.7 Å². The van der Waals surface area contributed by atoms with E-state index in [1.54, 1.807) is 0 Å². The van der Waals surface area contributed by atoms with Crippen LogP contribution in [-0.2, 0) is 27.4 Å². The number of nitrogens with zero attached hydrogens (tertiary/aromatic N) is 1. The first-order valence-electron chi connectivity index (χ1n) is 6.76. The van der Waals surface area contributed by atoms with Gasteiger partial charge in [-0.05, 0) is 0 Å². The van der Waals surface area contributed by atoms with Gasteiger partial charge in [-0.1, -0.05) is 0 Å². The summed E-state index contributed by atoms with van der Waals surface area (Å²) in [6.07, 6.45) is 0. The summed E-state index contributed by atoms with van der Waals surface area (Å²) in [7, 11) is -42.8. The molecule has 0 amide bonds. The summed E-state index contributed by atoms with van der Waals surface area (Å²) >= 11 is 0. The van der Waals surface area contributed by atoms with Gasteiger partial charge in [0.15, 0.2) is 0 Å². The van der Waals surface area contributed by atoms with E-state index in [0.29, 0.717) is 0 Å². The van der Waals surface area contributed by atoms with Crippen molar-refractivity contribution >= 4 is 45.6 Å². The Labute approximate surface area is 171 Å². The molecule has 0 aliphatic heterocycles. The van der Waals surface area contributed by atoms with Gasteiger partial charge in [-0.2, -0.15) is 0 Å². The number of rotatable bonds is 9. The van der Waals surface area contributed by atoms with Crippen LogP contribution in [0.25, 0.3) is 0 Å². The van der Waals surface area contributed by atoms with Gasteiger partial charge >= 0.3 is 55.7 Å². The highest BCUT2D eigenvalue weighted by Crippen LogP contribution is 2.89. The Balaban J connectivity index is 8.61. The second-order valence-electron chi connectivity index (χ2n) is 6.51. The summed E-state index contributed by atoms with van der Waals surface area (Å²) in [6, 6.07) is 0. The number of likely N-dealkylation sites (N-methyl/N-ethyl adjacent to an activating group) is 1. The fourth-order valence-corrected chi connectivity index (χ4v) is 16.6. The molecule has 26 heteroatoms. The predicted molar refractivity (Wildman–Crippen MR) is 95.8 cm³/mol. The van der Waals surface area contributed by atoms with Crippen LogP contribution in [0.1, 0.15) is 0 Å². The van der Waals surface area contributed by atoms with Gasteiger partial charge in [0, 0.05) is 0 Å². The van der Waals surface area contributed by atoms with E-state index in [9.17, 15) is 91.2 Å². The third-order valence-corrected chi connectivity index (χ3v) is 17.6. The average molecular weight is 584 g/mol. The molecule has 0 heterocycles. The van der Waals surface area contributed by atoms with Crippen LogP contribution in [0.2, 0.25) is 0 Å². The topological polar surface area (TPSA) is 365 Å². The Bertz CT molecular complexity index is 927. The second kappa shape index (κ2) is 8.20. The summed E-state index contributed by atoms with van der Waals surface area (Å²) < 4.78 is 68.5. The van der Waals surface area contributed by atoms with Crippen molar-refractivity contribution in [1.29, 1.82) is 0 Å². The van der Waals surface area contributed by atoms with Gasteiger partial charge in [0.1, 0.15) is 0 Å². The van der Waals surface area contributed by atoms with E-state index >= 15 is 0 Å². The van der Waals surface area contributed by atoms with Crippen LogP contribution in [0.15, 0.2) is 0 Å². The molecule has 0 aromatic rings. The number of hydrogen-bond donors (Lipinski definition) is 13. The van der Waals surface area contributed by atoms with Crippen molar-refractivity contribution in [3.8, 4) is 0 Å². The largest absolute Gasteiger partial charge is 0.403 e. The van der Waals surface area contributed by atoms with Crippen molar-refractivity contribution in [1.82, 2.24) is 0 Å². The summed E-state index contributed by atoms with van der Waals surface area (Å²) in [4.78, 5) is 114. The molecule has 0 spiro atoms. The monoisotopic (exact) mass is 584 g/mol. The first kappa shape index (κ1) is 31.8. The van der Waals surface area contributed by atoms with Crippen molar-refractivity contribution in [2.45, 2.75) is 15.6 Å². The molecule has 0 fully saturated rings. The van der Waals surface area contributed by atoms with Crippen molar-refractivity contribution in [3.63, 3.8) is 0 Å². The first-order chi connectivity index (χ1) is 12.9. The maximum absolute atomic E-state index is 12.3. The second-order valence-corrected chi connectivity index (χ2v) is 17.9. The van der Waals surface area contributed by atoms with Crippen molar-refractivity contribution in [2.24, 2.45) is 0 Å². The molecular weight excluding hydrogens is 564 g/mol. The Kier molecular flexibility index (Phi) is 8.41. The molecule has 188 valence electrons. The van der Waals surface area contributed by atoms with Crippen LogP contribution < -0.4 is 0 Å². The molecule has 0 radical (unpaired) electrons. The number of quaternary nitrogens is 1. The molecule has 0 rings (SSSR count). The first-order valence-corrected chi connectivity index (χ1v) is 16.6. The lowest BCUT2D eigenvalue weighted by atomic mass is 10.5. The quantitative estimate of drug-likeness (QED) is 0.0932. The van der Waals surface area contributed by atoms with Crippen LogP contribution in [0.3, 0.4) is 0 Å². The molecule has 0 unspecified atom stereocenters.